The lowest BCUT2D eigenvalue weighted by atomic mass is 9.99. The van der Waals surface area contributed by atoms with Gasteiger partial charge in [0, 0.05) is 23.2 Å². The van der Waals surface area contributed by atoms with E-state index in [1.807, 2.05) is 0 Å². The zero-order valence-corrected chi connectivity index (χ0v) is 12.8. The second kappa shape index (κ2) is 6.52. The number of Topliss-reactive ketones (excluding diaryl/α,β-unsaturated/α-hetero) is 1. The lowest BCUT2D eigenvalue weighted by Gasteiger charge is -2.19. The van der Waals surface area contributed by atoms with Gasteiger partial charge in [0.1, 0.15) is 11.5 Å². The van der Waals surface area contributed by atoms with Crippen molar-refractivity contribution >= 4 is 11.7 Å². The number of ether oxygens (including phenoxy) is 2. The number of carbonyl (C=O) groups excluding carboxylic acids is 2. The van der Waals surface area contributed by atoms with Crippen molar-refractivity contribution in [2.24, 2.45) is 0 Å². The topological polar surface area (TPSA) is 64.6 Å². The molecule has 0 fully saturated rings. The van der Waals surface area contributed by atoms with Gasteiger partial charge in [-0.15, -0.1) is 0 Å². The summed E-state index contributed by atoms with van der Waals surface area (Å²) in [6.07, 6.45) is 0.702. The maximum atomic E-state index is 12.2. The molecule has 1 aliphatic rings. The number of rotatable bonds is 5. The summed E-state index contributed by atoms with van der Waals surface area (Å²) >= 11 is 0. The number of hydrogen-bond acceptors (Lipinski definition) is 4. The van der Waals surface area contributed by atoms with E-state index in [1.165, 1.54) is 0 Å². The highest BCUT2D eigenvalue weighted by Crippen LogP contribution is 2.25. The Bertz CT molecular complexity index is 737. The predicted octanol–water partition coefficient (Wildman–Crippen LogP) is 2.24. The van der Waals surface area contributed by atoms with Gasteiger partial charge in [0.15, 0.2) is 12.4 Å². The molecule has 3 rings (SSSR count). The molecular weight excluding hydrogens is 294 g/mol. The molecular formula is C18H17NO4. The molecule has 0 saturated heterocycles. The summed E-state index contributed by atoms with van der Waals surface area (Å²) in [5.41, 5.74) is 2.04. The Kier molecular flexibility index (Phi) is 4.28. The minimum atomic E-state index is -0.120. The highest BCUT2D eigenvalue weighted by Gasteiger charge is 2.20. The fraction of sp³-hybridized carbons (Fsp3) is 0.222. The summed E-state index contributed by atoms with van der Waals surface area (Å²) in [6, 6.07) is 12.2. The third-order valence-corrected chi connectivity index (χ3v) is 3.81. The third kappa shape index (κ3) is 3.18. The molecule has 0 radical (unpaired) electrons. The van der Waals surface area contributed by atoms with Crippen LogP contribution >= 0.6 is 0 Å². The lowest BCUT2D eigenvalue weighted by Crippen LogP contribution is -2.32. The van der Waals surface area contributed by atoms with Gasteiger partial charge in [-0.3, -0.25) is 9.59 Å². The Balaban J connectivity index is 1.72. The van der Waals surface area contributed by atoms with Crippen LogP contribution in [0.25, 0.3) is 0 Å². The first kappa shape index (κ1) is 15.1. The molecule has 0 aromatic heterocycles. The van der Waals surface area contributed by atoms with Crippen molar-refractivity contribution in [1.29, 1.82) is 0 Å². The van der Waals surface area contributed by atoms with E-state index in [1.54, 1.807) is 49.6 Å². The summed E-state index contributed by atoms with van der Waals surface area (Å²) in [5, 5.41) is 2.79. The number of nitrogens with one attached hydrogen (secondary N) is 1. The van der Waals surface area contributed by atoms with Crippen LogP contribution in [0.2, 0.25) is 0 Å². The van der Waals surface area contributed by atoms with Gasteiger partial charge in [0.25, 0.3) is 5.91 Å². The van der Waals surface area contributed by atoms with E-state index in [0.29, 0.717) is 35.6 Å². The minimum absolute atomic E-state index is 0.0651. The van der Waals surface area contributed by atoms with Crippen molar-refractivity contribution < 1.29 is 19.1 Å². The van der Waals surface area contributed by atoms with Gasteiger partial charge >= 0.3 is 0 Å². The highest BCUT2D eigenvalue weighted by molar-refractivity contribution is 5.98. The number of fused-ring (bicyclic) bond motifs is 1. The van der Waals surface area contributed by atoms with Crippen molar-refractivity contribution in [3.8, 4) is 11.5 Å². The van der Waals surface area contributed by atoms with Crippen LogP contribution in [0.4, 0.5) is 0 Å². The molecule has 118 valence electrons. The van der Waals surface area contributed by atoms with Gasteiger partial charge in [-0.05, 0) is 42.8 Å². The van der Waals surface area contributed by atoms with Crippen molar-refractivity contribution in [2.45, 2.75) is 6.42 Å². The number of ketones is 1. The Morgan fingerprint density at radius 2 is 1.96 bits per heavy atom. The summed E-state index contributed by atoms with van der Waals surface area (Å²) in [5.74, 6) is 1.08. The average molecular weight is 311 g/mol. The molecule has 2 aromatic rings. The van der Waals surface area contributed by atoms with Gasteiger partial charge in [-0.25, -0.2) is 0 Å². The van der Waals surface area contributed by atoms with Gasteiger partial charge in [0.2, 0.25) is 0 Å². The summed E-state index contributed by atoms with van der Waals surface area (Å²) < 4.78 is 10.7. The molecule has 23 heavy (non-hydrogen) atoms. The Morgan fingerprint density at radius 1 is 1.17 bits per heavy atom. The van der Waals surface area contributed by atoms with Crippen molar-refractivity contribution in [2.75, 3.05) is 20.3 Å². The molecule has 0 spiro atoms. The second-order valence-electron chi connectivity index (χ2n) is 5.23. The van der Waals surface area contributed by atoms with Crippen LogP contribution < -0.4 is 14.8 Å². The Morgan fingerprint density at radius 3 is 2.70 bits per heavy atom. The van der Waals surface area contributed by atoms with Crippen LogP contribution in [0.15, 0.2) is 42.5 Å². The smallest absolute Gasteiger partial charge is 0.251 e. The molecule has 1 N–H and O–H groups in total. The van der Waals surface area contributed by atoms with Crippen molar-refractivity contribution in [3.05, 3.63) is 59.2 Å². The zero-order valence-electron chi connectivity index (χ0n) is 12.8. The van der Waals surface area contributed by atoms with Crippen LogP contribution in [0.1, 0.15) is 26.3 Å². The van der Waals surface area contributed by atoms with Gasteiger partial charge < -0.3 is 14.8 Å². The third-order valence-electron chi connectivity index (χ3n) is 3.81. The van der Waals surface area contributed by atoms with Crippen LogP contribution in [0.3, 0.4) is 0 Å². The van der Waals surface area contributed by atoms with Crippen LogP contribution in [0.5, 0.6) is 11.5 Å². The molecule has 5 heteroatoms. The molecule has 5 nitrogen and oxygen atoms in total. The van der Waals surface area contributed by atoms with Crippen LogP contribution in [-0.4, -0.2) is 32.0 Å². The number of amides is 1. The normalized spacial score (nSPS) is 13.0. The van der Waals surface area contributed by atoms with E-state index in [2.05, 4.69) is 5.32 Å². The monoisotopic (exact) mass is 311 g/mol. The van der Waals surface area contributed by atoms with Crippen LogP contribution in [0, 0.1) is 0 Å². The molecule has 0 aliphatic carbocycles. The van der Waals surface area contributed by atoms with E-state index in [0.717, 1.165) is 5.56 Å². The molecule has 2 aromatic carbocycles. The van der Waals surface area contributed by atoms with E-state index in [4.69, 9.17) is 9.47 Å². The first-order chi connectivity index (χ1) is 11.2. The van der Waals surface area contributed by atoms with Gasteiger partial charge in [-0.2, -0.15) is 0 Å². The first-order valence-electron chi connectivity index (χ1n) is 7.39. The van der Waals surface area contributed by atoms with Crippen molar-refractivity contribution in [1.82, 2.24) is 5.32 Å². The quantitative estimate of drug-likeness (QED) is 0.860. The Labute approximate surface area is 134 Å². The molecule has 0 unspecified atom stereocenters. The van der Waals surface area contributed by atoms with E-state index in [-0.39, 0.29) is 18.3 Å². The number of benzene rings is 2. The molecule has 1 aliphatic heterocycles. The fourth-order valence-corrected chi connectivity index (χ4v) is 2.57. The van der Waals surface area contributed by atoms with Crippen LogP contribution in [-0.2, 0) is 6.42 Å². The standard InChI is InChI=1S/C18H17NO4/c1-22-13-7-5-12(6-8-13)16(20)11-23-17-4-2-3-15-14(17)9-10-19-18(15)21/h2-8H,9-11H2,1H3,(H,19,21). The molecule has 0 atom stereocenters. The van der Waals surface area contributed by atoms with E-state index < -0.39 is 0 Å². The maximum absolute atomic E-state index is 12.2. The van der Waals surface area contributed by atoms with Gasteiger partial charge in [-0.1, -0.05) is 6.07 Å². The number of hydrogen-bond donors (Lipinski definition) is 1. The summed E-state index contributed by atoms with van der Waals surface area (Å²) in [4.78, 5) is 24.0. The second-order valence-corrected chi connectivity index (χ2v) is 5.23. The largest absolute Gasteiger partial charge is 0.497 e. The maximum Gasteiger partial charge on any atom is 0.251 e. The molecule has 0 saturated carbocycles. The lowest BCUT2D eigenvalue weighted by molar-refractivity contribution is 0.0920. The van der Waals surface area contributed by atoms with Gasteiger partial charge in [0.05, 0.1) is 7.11 Å². The molecule has 0 bridgehead atoms. The first-order valence-corrected chi connectivity index (χ1v) is 7.39. The fourth-order valence-electron chi connectivity index (χ4n) is 2.57. The predicted molar refractivity (Wildman–Crippen MR) is 85.3 cm³/mol. The Hall–Kier alpha value is -2.82. The minimum Gasteiger partial charge on any atom is -0.497 e. The number of methoxy groups -OCH3 is 1. The molecule has 1 heterocycles. The summed E-state index contributed by atoms with van der Waals surface area (Å²) in [7, 11) is 1.58. The zero-order chi connectivity index (χ0) is 16.2. The summed E-state index contributed by atoms with van der Waals surface area (Å²) in [6.45, 7) is 0.517. The van der Waals surface area contributed by atoms with E-state index >= 15 is 0 Å². The van der Waals surface area contributed by atoms with E-state index in [9.17, 15) is 9.59 Å². The number of carbonyl (C=O) groups is 2. The average Bonchev–Trinajstić information content (AvgIpc) is 2.60. The van der Waals surface area contributed by atoms with Crippen molar-refractivity contribution in [3.63, 3.8) is 0 Å². The highest BCUT2D eigenvalue weighted by atomic mass is 16.5. The SMILES string of the molecule is COc1ccc(C(=O)COc2cccc3c2CCNC3=O)cc1. The molecule has 1 amide bonds.